The van der Waals surface area contributed by atoms with E-state index in [9.17, 15) is 0 Å². The van der Waals surface area contributed by atoms with Crippen LogP contribution in [0.25, 0.3) is 20.5 Å². The van der Waals surface area contributed by atoms with Crippen molar-refractivity contribution in [1.29, 1.82) is 0 Å². The molecule has 2 aromatic heterocycles. The molecule has 0 fully saturated rings. The zero-order valence-electron chi connectivity index (χ0n) is 9.77. The topological polar surface area (TPSA) is 38.9 Å². The molecule has 1 aromatic carbocycles. The summed E-state index contributed by atoms with van der Waals surface area (Å²) in [6.07, 6.45) is 1.71. The summed E-state index contributed by atoms with van der Waals surface area (Å²) in [4.78, 5) is 5.31. The summed E-state index contributed by atoms with van der Waals surface area (Å²) in [6.45, 7) is 2.09. The molecule has 3 rings (SSSR count). The number of anilines is 1. The van der Waals surface area contributed by atoms with Gasteiger partial charge in [0.15, 0.2) is 0 Å². The van der Waals surface area contributed by atoms with Gasteiger partial charge < -0.3 is 5.73 Å². The number of nitrogen functional groups attached to an aromatic ring is 1. The van der Waals surface area contributed by atoms with Gasteiger partial charge in [0.05, 0.1) is 0 Å². The van der Waals surface area contributed by atoms with E-state index >= 15 is 0 Å². The first kappa shape index (κ1) is 11.5. The molecule has 2 N–H and O–H groups in total. The summed E-state index contributed by atoms with van der Waals surface area (Å²) in [6, 6.07) is 9.87. The Morgan fingerprint density at radius 2 is 2.11 bits per heavy atom. The molecule has 3 aromatic rings. The molecule has 0 aliphatic heterocycles. The van der Waals surface area contributed by atoms with E-state index in [0.29, 0.717) is 5.82 Å². The van der Waals surface area contributed by atoms with Crippen molar-refractivity contribution in [2.24, 2.45) is 0 Å². The van der Waals surface area contributed by atoms with Crippen LogP contribution in [0.4, 0.5) is 5.82 Å². The number of hydrogen-bond acceptors (Lipinski definition) is 3. The number of thiophene rings is 1. The number of halogens is 1. The predicted octanol–water partition coefficient (Wildman–Crippen LogP) is 4.51. The average Bonchev–Trinajstić information content (AvgIpc) is 2.68. The highest BCUT2D eigenvalue weighted by Gasteiger charge is 2.12. The number of aryl methyl sites for hydroxylation is 1. The molecule has 0 saturated carbocycles. The van der Waals surface area contributed by atoms with Crippen molar-refractivity contribution in [3.05, 3.63) is 47.1 Å². The third kappa shape index (κ3) is 1.76. The molecule has 0 aliphatic carbocycles. The highest BCUT2D eigenvalue weighted by atomic mass is 35.5. The van der Waals surface area contributed by atoms with Crippen molar-refractivity contribution in [1.82, 2.24) is 4.98 Å². The minimum atomic E-state index is 0.568. The second-order valence-electron chi connectivity index (χ2n) is 4.13. The van der Waals surface area contributed by atoms with Crippen molar-refractivity contribution < 1.29 is 0 Å². The number of rotatable bonds is 1. The largest absolute Gasteiger partial charge is 0.383 e. The van der Waals surface area contributed by atoms with Crippen LogP contribution in [0, 0.1) is 6.92 Å². The van der Waals surface area contributed by atoms with E-state index in [0.717, 1.165) is 15.5 Å². The second-order valence-corrected chi connectivity index (χ2v) is 5.62. The Labute approximate surface area is 114 Å². The number of fused-ring (bicyclic) bond motifs is 1. The van der Waals surface area contributed by atoms with Gasteiger partial charge in [0.1, 0.15) is 5.82 Å². The third-order valence-electron chi connectivity index (χ3n) is 2.98. The predicted molar refractivity (Wildman–Crippen MR) is 79.2 cm³/mol. The van der Waals surface area contributed by atoms with Crippen molar-refractivity contribution in [3.63, 3.8) is 0 Å². The van der Waals surface area contributed by atoms with Crippen LogP contribution < -0.4 is 5.73 Å². The number of aromatic nitrogens is 1. The van der Waals surface area contributed by atoms with Crippen molar-refractivity contribution in [2.75, 3.05) is 5.73 Å². The minimum Gasteiger partial charge on any atom is -0.383 e. The molecule has 0 unspecified atom stereocenters. The Hall–Kier alpha value is -1.58. The molecule has 0 bridgehead atoms. The van der Waals surface area contributed by atoms with Gasteiger partial charge in [-0.05, 0) is 48.2 Å². The van der Waals surface area contributed by atoms with Gasteiger partial charge in [0.2, 0.25) is 0 Å². The molecule has 90 valence electrons. The molecule has 0 saturated heterocycles. The number of benzene rings is 1. The Morgan fingerprint density at radius 1 is 1.28 bits per heavy atom. The summed E-state index contributed by atoms with van der Waals surface area (Å²) in [5, 5.41) is 1.94. The quantitative estimate of drug-likeness (QED) is 0.709. The van der Waals surface area contributed by atoms with Gasteiger partial charge in [-0.25, -0.2) is 4.98 Å². The number of hydrogen-bond donors (Lipinski definition) is 1. The number of nitrogens with two attached hydrogens (primary N) is 1. The molecule has 0 radical (unpaired) electrons. The third-order valence-corrected chi connectivity index (χ3v) is 4.52. The van der Waals surface area contributed by atoms with Crippen LogP contribution in [0.2, 0.25) is 5.02 Å². The summed E-state index contributed by atoms with van der Waals surface area (Å²) in [5.41, 5.74) is 8.14. The zero-order chi connectivity index (χ0) is 12.7. The molecule has 18 heavy (non-hydrogen) atoms. The van der Waals surface area contributed by atoms with Gasteiger partial charge in [-0.2, -0.15) is 0 Å². The van der Waals surface area contributed by atoms with E-state index in [-0.39, 0.29) is 0 Å². The first-order valence-electron chi connectivity index (χ1n) is 5.56. The average molecular weight is 275 g/mol. The van der Waals surface area contributed by atoms with E-state index < -0.39 is 0 Å². The smallest absolute Gasteiger partial charge is 0.132 e. The van der Waals surface area contributed by atoms with Crippen LogP contribution in [0.15, 0.2) is 36.5 Å². The first-order chi connectivity index (χ1) is 8.66. The molecule has 0 amide bonds. The Bertz CT molecular complexity index is 734. The lowest BCUT2D eigenvalue weighted by molar-refractivity contribution is 1.34. The lowest BCUT2D eigenvalue weighted by Gasteiger charge is -2.02. The summed E-state index contributed by atoms with van der Waals surface area (Å²) in [7, 11) is 0. The van der Waals surface area contributed by atoms with Gasteiger partial charge in [-0.1, -0.05) is 11.6 Å². The summed E-state index contributed by atoms with van der Waals surface area (Å²) >= 11 is 7.77. The molecule has 0 aliphatic rings. The van der Waals surface area contributed by atoms with Gasteiger partial charge in [-0.15, -0.1) is 11.3 Å². The van der Waals surface area contributed by atoms with Crippen molar-refractivity contribution in [2.45, 2.75) is 6.92 Å². The normalized spacial score (nSPS) is 11.0. The summed E-state index contributed by atoms with van der Waals surface area (Å²) < 4.78 is 1.22. The van der Waals surface area contributed by atoms with Crippen LogP contribution in [-0.2, 0) is 0 Å². The van der Waals surface area contributed by atoms with Gasteiger partial charge in [0, 0.05) is 26.4 Å². The monoisotopic (exact) mass is 274 g/mol. The molecule has 0 atom stereocenters. The lowest BCUT2D eigenvalue weighted by atomic mass is 10.1. The van der Waals surface area contributed by atoms with E-state index in [1.54, 1.807) is 17.5 Å². The fraction of sp³-hybridized carbons (Fsp3) is 0.0714. The molecular formula is C14H11ClN2S. The molecule has 2 nitrogen and oxygen atoms in total. The maximum atomic E-state index is 6.04. The Balaban J connectivity index is 2.31. The highest BCUT2D eigenvalue weighted by molar-refractivity contribution is 7.22. The van der Waals surface area contributed by atoms with Crippen molar-refractivity contribution in [3.8, 4) is 10.4 Å². The molecule has 4 heteroatoms. The zero-order valence-corrected chi connectivity index (χ0v) is 11.3. The van der Waals surface area contributed by atoms with Crippen LogP contribution >= 0.6 is 22.9 Å². The minimum absolute atomic E-state index is 0.568. The molecular weight excluding hydrogens is 264 g/mol. The van der Waals surface area contributed by atoms with Gasteiger partial charge >= 0.3 is 0 Å². The number of pyridine rings is 1. The molecule has 0 spiro atoms. The summed E-state index contributed by atoms with van der Waals surface area (Å²) in [5.74, 6) is 0.568. The van der Waals surface area contributed by atoms with Crippen LogP contribution in [0.3, 0.4) is 0 Å². The van der Waals surface area contributed by atoms with Crippen molar-refractivity contribution >= 4 is 38.8 Å². The maximum Gasteiger partial charge on any atom is 0.132 e. The highest BCUT2D eigenvalue weighted by Crippen LogP contribution is 2.40. The van der Waals surface area contributed by atoms with E-state index in [1.165, 1.54) is 15.6 Å². The number of nitrogens with zero attached hydrogens (tertiary/aromatic N) is 1. The first-order valence-corrected chi connectivity index (χ1v) is 6.76. The fourth-order valence-corrected chi connectivity index (χ4v) is 3.46. The van der Waals surface area contributed by atoms with Gasteiger partial charge in [-0.3, -0.25) is 0 Å². The second kappa shape index (κ2) is 4.26. The Kier molecular flexibility index (Phi) is 2.73. The van der Waals surface area contributed by atoms with E-state index in [1.807, 2.05) is 30.3 Å². The molecule has 2 heterocycles. The van der Waals surface area contributed by atoms with Crippen LogP contribution in [0.1, 0.15) is 5.56 Å². The van der Waals surface area contributed by atoms with E-state index in [2.05, 4.69) is 11.9 Å². The van der Waals surface area contributed by atoms with Gasteiger partial charge in [0.25, 0.3) is 0 Å². The van der Waals surface area contributed by atoms with Crippen LogP contribution in [-0.4, -0.2) is 4.98 Å². The maximum absolute atomic E-state index is 6.04. The lowest BCUT2D eigenvalue weighted by Crippen LogP contribution is -1.92. The fourth-order valence-electron chi connectivity index (χ4n) is 2.06. The standard InChI is InChI=1S/C14H11ClN2S/c1-8-11-7-9(15)4-5-12(11)18-13(8)10-3-2-6-17-14(10)16/h2-7H,1H3,(H2,16,17). The van der Waals surface area contributed by atoms with Crippen LogP contribution in [0.5, 0.6) is 0 Å². The SMILES string of the molecule is Cc1c(-c2cccnc2N)sc2ccc(Cl)cc12. The Morgan fingerprint density at radius 3 is 2.89 bits per heavy atom. The van der Waals surface area contributed by atoms with E-state index in [4.69, 9.17) is 17.3 Å².